The van der Waals surface area contributed by atoms with E-state index in [1.807, 2.05) is 24.3 Å². The van der Waals surface area contributed by atoms with E-state index >= 15 is 0 Å². The number of rotatable bonds is 5. The van der Waals surface area contributed by atoms with E-state index in [9.17, 15) is 9.59 Å². The minimum absolute atomic E-state index is 0.0166. The summed E-state index contributed by atoms with van der Waals surface area (Å²) in [5, 5.41) is 2.78. The highest BCUT2D eigenvalue weighted by Gasteiger charge is 2.15. The zero-order valence-corrected chi connectivity index (χ0v) is 13.7. The molecule has 1 heterocycles. The summed E-state index contributed by atoms with van der Waals surface area (Å²) in [6.45, 7) is 1.81. The maximum Gasteiger partial charge on any atom is 0.240 e. The summed E-state index contributed by atoms with van der Waals surface area (Å²) in [4.78, 5) is 29.2. The van der Waals surface area contributed by atoms with Crippen LogP contribution in [0.25, 0.3) is 0 Å². The number of nitrogens with zero attached hydrogens (tertiary/aromatic N) is 2. The van der Waals surface area contributed by atoms with Crippen LogP contribution in [0.4, 0.5) is 5.69 Å². The predicted octanol–water partition coefficient (Wildman–Crippen LogP) is 2.51. The van der Waals surface area contributed by atoms with Crippen molar-refractivity contribution in [3.8, 4) is 0 Å². The fraction of sp³-hybridized carbons (Fsp3) is 0.188. The number of benzene rings is 1. The Hall–Kier alpha value is -2.21. The van der Waals surface area contributed by atoms with Crippen LogP contribution in [0.3, 0.4) is 0 Å². The van der Waals surface area contributed by atoms with Gasteiger partial charge in [0.2, 0.25) is 11.8 Å². The molecule has 114 valence electrons. The third-order valence-electron chi connectivity index (χ3n) is 3.03. The summed E-state index contributed by atoms with van der Waals surface area (Å²) in [6.07, 6.45) is 3.37. The first kappa shape index (κ1) is 16.2. The van der Waals surface area contributed by atoms with Gasteiger partial charge >= 0.3 is 0 Å². The van der Waals surface area contributed by atoms with Crippen molar-refractivity contribution in [2.75, 3.05) is 11.4 Å². The molecule has 2 amide bonds. The molecule has 0 fully saturated rings. The third-order valence-corrected chi connectivity index (χ3v) is 3.56. The Morgan fingerprint density at radius 1 is 1.23 bits per heavy atom. The van der Waals surface area contributed by atoms with Gasteiger partial charge in [0.15, 0.2) is 0 Å². The van der Waals surface area contributed by atoms with Gasteiger partial charge in [0, 0.05) is 36.0 Å². The maximum absolute atomic E-state index is 12.0. The van der Waals surface area contributed by atoms with Crippen molar-refractivity contribution in [3.63, 3.8) is 0 Å². The highest BCUT2D eigenvalue weighted by molar-refractivity contribution is 9.10. The lowest BCUT2D eigenvalue weighted by molar-refractivity contribution is -0.123. The quantitative estimate of drug-likeness (QED) is 0.889. The van der Waals surface area contributed by atoms with Gasteiger partial charge in [-0.1, -0.05) is 22.0 Å². The number of nitrogens with one attached hydrogen (secondary N) is 1. The van der Waals surface area contributed by atoms with Gasteiger partial charge in [-0.3, -0.25) is 14.6 Å². The second-order valence-electron chi connectivity index (χ2n) is 4.72. The van der Waals surface area contributed by atoms with E-state index in [1.54, 1.807) is 24.5 Å². The van der Waals surface area contributed by atoms with Crippen LogP contribution >= 0.6 is 15.9 Å². The van der Waals surface area contributed by atoms with E-state index in [-0.39, 0.29) is 18.4 Å². The van der Waals surface area contributed by atoms with Crippen molar-refractivity contribution in [2.45, 2.75) is 13.5 Å². The van der Waals surface area contributed by atoms with Crippen LogP contribution in [-0.4, -0.2) is 23.3 Å². The van der Waals surface area contributed by atoms with Crippen LogP contribution in [0.5, 0.6) is 0 Å². The smallest absolute Gasteiger partial charge is 0.240 e. The molecule has 22 heavy (non-hydrogen) atoms. The van der Waals surface area contributed by atoms with Gasteiger partial charge in [-0.05, 0) is 35.9 Å². The molecular formula is C16H16BrN3O2. The van der Waals surface area contributed by atoms with Gasteiger partial charge in [-0.15, -0.1) is 0 Å². The number of halogens is 1. The molecule has 0 saturated heterocycles. The normalized spacial score (nSPS) is 10.1. The standard InChI is InChI=1S/C16H16BrN3O2/c1-12(21)20(15-6-4-14(17)5-7-15)11-16(22)19-10-13-3-2-8-18-9-13/h2-9H,10-11H2,1H3,(H,19,22). The van der Waals surface area contributed by atoms with E-state index in [0.717, 1.165) is 10.0 Å². The van der Waals surface area contributed by atoms with Gasteiger partial charge in [0.1, 0.15) is 6.54 Å². The van der Waals surface area contributed by atoms with Crippen LogP contribution < -0.4 is 10.2 Å². The van der Waals surface area contributed by atoms with Gasteiger partial charge in [-0.2, -0.15) is 0 Å². The number of amides is 2. The Bertz CT molecular complexity index is 644. The Morgan fingerprint density at radius 3 is 2.55 bits per heavy atom. The van der Waals surface area contributed by atoms with Crippen molar-refractivity contribution in [3.05, 3.63) is 58.8 Å². The predicted molar refractivity (Wildman–Crippen MR) is 88.3 cm³/mol. The molecule has 0 saturated carbocycles. The summed E-state index contributed by atoms with van der Waals surface area (Å²) in [5.41, 5.74) is 1.60. The Labute approximate surface area is 137 Å². The van der Waals surface area contributed by atoms with Crippen molar-refractivity contribution in [1.82, 2.24) is 10.3 Å². The van der Waals surface area contributed by atoms with Crippen LogP contribution in [-0.2, 0) is 16.1 Å². The maximum atomic E-state index is 12.0. The molecule has 0 spiro atoms. The fourth-order valence-electron chi connectivity index (χ4n) is 1.91. The van der Waals surface area contributed by atoms with Crippen molar-refractivity contribution in [2.24, 2.45) is 0 Å². The zero-order chi connectivity index (χ0) is 15.9. The number of carbonyl (C=O) groups is 2. The molecule has 0 radical (unpaired) electrons. The minimum Gasteiger partial charge on any atom is -0.350 e. The molecule has 5 nitrogen and oxygen atoms in total. The van der Waals surface area contributed by atoms with Crippen molar-refractivity contribution >= 4 is 33.4 Å². The van der Waals surface area contributed by atoms with Gasteiger partial charge in [-0.25, -0.2) is 0 Å². The average Bonchev–Trinajstić information content (AvgIpc) is 2.52. The minimum atomic E-state index is -0.220. The molecule has 1 N–H and O–H groups in total. The highest BCUT2D eigenvalue weighted by Crippen LogP contribution is 2.18. The number of hydrogen-bond donors (Lipinski definition) is 1. The lowest BCUT2D eigenvalue weighted by Crippen LogP contribution is -2.39. The molecule has 6 heteroatoms. The summed E-state index contributed by atoms with van der Waals surface area (Å²) in [5.74, 6) is -0.402. The summed E-state index contributed by atoms with van der Waals surface area (Å²) in [7, 11) is 0. The van der Waals surface area contributed by atoms with Gasteiger partial charge < -0.3 is 10.2 Å². The fourth-order valence-corrected chi connectivity index (χ4v) is 2.17. The molecule has 2 aromatic rings. The first-order valence-corrected chi connectivity index (χ1v) is 7.55. The van der Waals surface area contributed by atoms with Crippen LogP contribution in [0.2, 0.25) is 0 Å². The lowest BCUT2D eigenvalue weighted by atomic mass is 10.2. The molecule has 0 bridgehead atoms. The topological polar surface area (TPSA) is 62.3 Å². The third kappa shape index (κ3) is 4.66. The molecular weight excluding hydrogens is 346 g/mol. The Kier molecular flexibility index (Phi) is 5.66. The number of anilines is 1. The number of aromatic nitrogens is 1. The monoisotopic (exact) mass is 361 g/mol. The molecule has 0 unspecified atom stereocenters. The summed E-state index contributed by atoms with van der Waals surface area (Å²) < 4.78 is 0.917. The Balaban J connectivity index is 1.97. The first-order valence-electron chi connectivity index (χ1n) is 6.75. The second-order valence-corrected chi connectivity index (χ2v) is 5.64. The first-order chi connectivity index (χ1) is 10.6. The van der Waals surface area contributed by atoms with Crippen LogP contribution in [0.15, 0.2) is 53.3 Å². The molecule has 1 aromatic heterocycles. The summed E-state index contributed by atoms with van der Waals surface area (Å²) >= 11 is 3.34. The van der Waals surface area contributed by atoms with Crippen molar-refractivity contribution in [1.29, 1.82) is 0 Å². The van der Waals surface area contributed by atoms with E-state index in [2.05, 4.69) is 26.2 Å². The van der Waals surface area contributed by atoms with E-state index < -0.39 is 0 Å². The van der Waals surface area contributed by atoms with Gasteiger partial charge in [0.25, 0.3) is 0 Å². The lowest BCUT2D eigenvalue weighted by Gasteiger charge is -2.20. The SMILES string of the molecule is CC(=O)N(CC(=O)NCc1cccnc1)c1ccc(Br)cc1. The number of hydrogen-bond acceptors (Lipinski definition) is 3. The number of carbonyl (C=O) groups excluding carboxylic acids is 2. The molecule has 0 aliphatic carbocycles. The van der Waals surface area contributed by atoms with Crippen molar-refractivity contribution < 1.29 is 9.59 Å². The molecule has 1 aromatic carbocycles. The Morgan fingerprint density at radius 2 is 1.95 bits per heavy atom. The van der Waals surface area contributed by atoms with E-state index in [1.165, 1.54) is 11.8 Å². The van der Waals surface area contributed by atoms with Crippen LogP contribution in [0, 0.1) is 0 Å². The second kappa shape index (κ2) is 7.70. The number of pyridine rings is 1. The molecule has 0 atom stereocenters. The van der Waals surface area contributed by atoms with Gasteiger partial charge in [0.05, 0.1) is 0 Å². The molecule has 0 aliphatic heterocycles. The van der Waals surface area contributed by atoms with E-state index in [0.29, 0.717) is 12.2 Å². The van der Waals surface area contributed by atoms with E-state index in [4.69, 9.17) is 0 Å². The zero-order valence-electron chi connectivity index (χ0n) is 12.1. The molecule has 0 aliphatic rings. The highest BCUT2D eigenvalue weighted by atomic mass is 79.9. The van der Waals surface area contributed by atoms with Crippen LogP contribution in [0.1, 0.15) is 12.5 Å². The largest absolute Gasteiger partial charge is 0.350 e. The molecule has 2 rings (SSSR count). The summed E-state index contributed by atoms with van der Waals surface area (Å²) in [6, 6.07) is 10.9. The average molecular weight is 362 g/mol.